The van der Waals surface area contributed by atoms with Gasteiger partial charge in [-0.2, -0.15) is 0 Å². The van der Waals surface area contributed by atoms with Crippen LogP contribution in [-0.4, -0.2) is 0 Å². The maximum atomic E-state index is 6.00. The van der Waals surface area contributed by atoms with E-state index in [0.29, 0.717) is 22.5 Å². The second-order valence-electron chi connectivity index (χ2n) is 4.73. The summed E-state index contributed by atoms with van der Waals surface area (Å²) in [5.41, 5.74) is 4.25. The van der Waals surface area contributed by atoms with E-state index in [2.05, 4.69) is 0 Å². The molecular weight excluding hydrogens is 315 g/mol. The Morgan fingerprint density at radius 1 is 0.900 bits per heavy atom. The number of benzene rings is 2. The van der Waals surface area contributed by atoms with Crippen molar-refractivity contribution in [1.82, 2.24) is 0 Å². The lowest BCUT2D eigenvalue weighted by Gasteiger charge is -2.14. The van der Waals surface area contributed by atoms with Crippen molar-refractivity contribution in [3.05, 3.63) is 62.6 Å². The molecule has 0 bridgehead atoms. The van der Waals surface area contributed by atoms with Gasteiger partial charge in [0.25, 0.3) is 0 Å². The van der Waals surface area contributed by atoms with Crippen molar-refractivity contribution in [1.29, 1.82) is 0 Å². The minimum atomic E-state index is 0.457. The third-order valence-corrected chi connectivity index (χ3v) is 4.09. The molecule has 0 fully saturated rings. The Morgan fingerprint density at radius 2 is 1.55 bits per heavy atom. The van der Waals surface area contributed by atoms with E-state index < -0.39 is 0 Å². The monoisotopic (exact) mass is 328 g/mol. The average molecular weight is 330 g/mol. The Kier molecular flexibility index (Phi) is 5.20. The van der Waals surface area contributed by atoms with Crippen molar-refractivity contribution in [2.24, 2.45) is 0 Å². The maximum Gasteiger partial charge on any atom is 0.125 e. The highest BCUT2D eigenvalue weighted by Gasteiger charge is 2.07. The maximum absolute atomic E-state index is 6.00. The molecule has 20 heavy (non-hydrogen) atoms. The molecule has 0 saturated carbocycles. The van der Waals surface area contributed by atoms with E-state index in [1.54, 1.807) is 6.07 Å². The predicted octanol–water partition coefficient (Wildman–Crippen LogP) is 5.93. The third-order valence-electron chi connectivity index (χ3n) is 3.04. The number of hydrogen-bond donors (Lipinski definition) is 0. The summed E-state index contributed by atoms with van der Waals surface area (Å²) in [4.78, 5) is 0. The zero-order valence-corrected chi connectivity index (χ0v) is 13.6. The lowest BCUT2D eigenvalue weighted by Crippen LogP contribution is -2.00. The van der Waals surface area contributed by atoms with Crippen LogP contribution >= 0.6 is 34.8 Å². The van der Waals surface area contributed by atoms with E-state index in [1.165, 1.54) is 0 Å². The molecule has 0 unspecified atom stereocenters. The molecule has 0 aliphatic heterocycles. The molecule has 0 spiro atoms. The first kappa shape index (κ1) is 15.5. The molecule has 1 nitrogen and oxygen atoms in total. The topological polar surface area (TPSA) is 9.23 Å². The zero-order chi connectivity index (χ0) is 14.7. The zero-order valence-electron chi connectivity index (χ0n) is 11.3. The van der Waals surface area contributed by atoms with Crippen molar-refractivity contribution < 1.29 is 4.74 Å². The molecular formula is C16H15Cl3O. The van der Waals surface area contributed by atoms with Gasteiger partial charge in [0.1, 0.15) is 12.4 Å². The van der Waals surface area contributed by atoms with E-state index in [4.69, 9.17) is 39.5 Å². The summed E-state index contributed by atoms with van der Waals surface area (Å²) in [5, 5.41) is 1.09. The number of ether oxygens (including phenoxy) is 1. The van der Waals surface area contributed by atoms with Crippen LogP contribution < -0.4 is 4.74 Å². The van der Waals surface area contributed by atoms with Gasteiger partial charge in [0.15, 0.2) is 0 Å². The molecule has 0 radical (unpaired) electrons. The number of rotatable bonds is 4. The quantitative estimate of drug-likeness (QED) is 0.632. The van der Waals surface area contributed by atoms with Gasteiger partial charge in [0.05, 0.1) is 10.0 Å². The fourth-order valence-electron chi connectivity index (χ4n) is 2.13. The standard InChI is InChI=1S/C16H15Cl3O/c1-10-5-13(8-17)6-11(2)16(10)20-9-12-3-4-14(18)15(19)7-12/h3-7H,8-9H2,1-2H3. The molecule has 2 rings (SSSR count). The molecule has 0 saturated heterocycles. The third kappa shape index (κ3) is 3.60. The first-order chi connectivity index (χ1) is 9.51. The second kappa shape index (κ2) is 6.71. The van der Waals surface area contributed by atoms with Gasteiger partial charge < -0.3 is 4.74 Å². The first-order valence-electron chi connectivity index (χ1n) is 6.24. The van der Waals surface area contributed by atoms with E-state index >= 15 is 0 Å². The molecule has 0 aromatic heterocycles. The lowest BCUT2D eigenvalue weighted by molar-refractivity contribution is 0.302. The average Bonchev–Trinajstić information content (AvgIpc) is 2.41. The van der Waals surface area contributed by atoms with Crippen LogP contribution in [0, 0.1) is 13.8 Å². The highest BCUT2D eigenvalue weighted by molar-refractivity contribution is 6.42. The van der Waals surface area contributed by atoms with E-state index in [9.17, 15) is 0 Å². The summed E-state index contributed by atoms with van der Waals surface area (Å²) in [6.07, 6.45) is 0. The molecule has 0 heterocycles. The van der Waals surface area contributed by atoms with Gasteiger partial charge in [-0.1, -0.05) is 41.4 Å². The minimum absolute atomic E-state index is 0.457. The Labute approximate surface area is 134 Å². The van der Waals surface area contributed by atoms with Crippen LogP contribution in [0.5, 0.6) is 5.75 Å². The molecule has 0 N–H and O–H groups in total. The van der Waals surface area contributed by atoms with E-state index in [1.807, 2.05) is 38.1 Å². The lowest BCUT2D eigenvalue weighted by atomic mass is 10.1. The van der Waals surface area contributed by atoms with Crippen LogP contribution in [0.15, 0.2) is 30.3 Å². The summed E-state index contributed by atoms with van der Waals surface area (Å²) in [5.74, 6) is 1.40. The summed E-state index contributed by atoms with van der Waals surface area (Å²) in [6, 6.07) is 9.60. The van der Waals surface area contributed by atoms with Crippen molar-refractivity contribution in [2.75, 3.05) is 0 Å². The second-order valence-corrected chi connectivity index (χ2v) is 5.81. The van der Waals surface area contributed by atoms with Crippen LogP contribution in [0.3, 0.4) is 0 Å². The number of halogens is 3. The molecule has 0 amide bonds. The van der Waals surface area contributed by atoms with Crippen LogP contribution in [0.25, 0.3) is 0 Å². The van der Waals surface area contributed by atoms with Crippen molar-refractivity contribution in [3.8, 4) is 5.75 Å². The number of hydrogen-bond acceptors (Lipinski definition) is 1. The Morgan fingerprint density at radius 3 is 2.10 bits per heavy atom. The molecule has 106 valence electrons. The summed E-state index contributed by atoms with van der Waals surface area (Å²) < 4.78 is 5.90. The minimum Gasteiger partial charge on any atom is -0.488 e. The smallest absolute Gasteiger partial charge is 0.125 e. The Balaban J connectivity index is 2.16. The summed E-state index contributed by atoms with van der Waals surface area (Å²) in [6.45, 7) is 4.50. The van der Waals surface area contributed by atoms with Gasteiger partial charge in [-0.05, 0) is 48.2 Å². The van der Waals surface area contributed by atoms with Gasteiger partial charge in [-0.25, -0.2) is 0 Å². The molecule has 0 aliphatic carbocycles. The van der Waals surface area contributed by atoms with Crippen molar-refractivity contribution in [2.45, 2.75) is 26.3 Å². The molecule has 0 atom stereocenters. The fraction of sp³-hybridized carbons (Fsp3) is 0.250. The highest BCUT2D eigenvalue weighted by Crippen LogP contribution is 2.28. The van der Waals surface area contributed by atoms with E-state index in [-0.39, 0.29) is 0 Å². The Hall–Kier alpha value is -0.890. The van der Waals surface area contributed by atoms with Crippen LogP contribution in [0.4, 0.5) is 0 Å². The first-order valence-corrected chi connectivity index (χ1v) is 7.53. The van der Waals surface area contributed by atoms with Gasteiger partial charge in [-0.3, -0.25) is 0 Å². The normalized spacial score (nSPS) is 10.7. The van der Waals surface area contributed by atoms with Crippen molar-refractivity contribution in [3.63, 3.8) is 0 Å². The Bertz CT molecular complexity index is 600. The molecule has 2 aromatic rings. The van der Waals surface area contributed by atoms with Crippen molar-refractivity contribution >= 4 is 34.8 Å². The molecule has 4 heteroatoms. The number of alkyl halides is 1. The van der Waals surface area contributed by atoms with Crippen LogP contribution in [-0.2, 0) is 12.5 Å². The van der Waals surface area contributed by atoms with Gasteiger partial charge in [-0.15, -0.1) is 11.6 Å². The fourth-order valence-corrected chi connectivity index (χ4v) is 2.60. The number of aryl methyl sites for hydroxylation is 2. The van der Waals surface area contributed by atoms with Gasteiger partial charge in [0, 0.05) is 5.88 Å². The summed E-state index contributed by atoms with van der Waals surface area (Å²) in [7, 11) is 0. The molecule has 2 aromatic carbocycles. The summed E-state index contributed by atoms with van der Waals surface area (Å²) >= 11 is 17.8. The highest BCUT2D eigenvalue weighted by atomic mass is 35.5. The van der Waals surface area contributed by atoms with E-state index in [0.717, 1.165) is 28.0 Å². The van der Waals surface area contributed by atoms with Gasteiger partial charge >= 0.3 is 0 Å². The van der Waals surface area contributed by atoms with Crippen LogP contribution in [0.1, 0.15) is 22.3 Å². The molecule has 0 aliphatic rings. The SMILES string of the molecule is Cc1cc(CCl)cc(C)c1OCc1ccc(Cl)c(Cl)c1. The largest absolute Gasteiger partial charge is 0.488 e. The van der Waals surface area contributed by atoms with Gasteiger partial charge in [0.2, 0.25) is 0 Å². The predicted molar refractivity (Wildman–Crippen MR) is 86.3 cm³/mol. The van der Waals surface area contributed by atoms with Crippen LogP contribution in [0.2, 0.25) is 10.0 Å².